The molecule has 2 fully saturated rings. The van der Waals surface area contributed by atoms with Gasteiger partial charge in [0.25, 0.3) is 0 Å². The molecule has 7 heteroatoms. The van der Waals surface area contributed by atoms with Gasteiger partial charge in [-0.15, -0.1) is 0 Å². The topological polar surface area (TPSA) is 49.6 Å². The first-order valence-corrected chi connectivity index (χ1v) is 9.75. The first kappa shape index (κ1) is 20.1. The molecular weight excluding hydrogens is 355 g/mol. The van der Waals surface area contributed by atoms with E-state index in [2.05, 4.69) is 4.90 Å². The Morgan fingerprint density at radius 2 is 1.78 bits per heavy atom. The van der Waals surface area contributed by atoms with Crippen molar-refractivity contribution >= 4 is 5.91 Å². The average Bonchev–Trinajstić information content (AvgIpc) is 2.88. The lowest BCUT2D eigenvalue weighted by Crippen LogP contribution is -2.37. The van der Waals surface area contributed by atoms with Gasteiger partial charge in [0.2, 0.25) is 5.91 Å². The van der Waals surface area contributed by atoms with Gasteiger partial charge in [-0.05, 0) is 42.9 Å². The van der Waals surface area contributed by atoms with Gasteiger partial charge in [0, 0.05) is 45.2 Å². The molecule has 27 heavy (non-hydrogen) atoms. The zero-order valence-corrected chi connectivity index (χ0v) is 15.5. The van der Waals surface area contributed by atoms with E-state index in [0.29, 0.717) is 25.4 Å². The minimum absolute atomic E-state index is 0.150. The number of carbonyl (C=O) groups excluding carboxylic acids is 1. The minimum atomic E-state index is -4.30. The van der Waals surface area contributed by atoms with Crippen molar-refractivity contribution in [3.63, 3.8) is 0 Å². The second kappa shape index (κ2) is 8.61. The number of nitrogens with zero attached hydrogens (tertiary/aromatic N) is 2. The number of alkyl halides is 3. The van der Waals surface area contributed by atoms with Crippen LogP contribution < -0.4 is 5.73 Å². The molecule has 2 aliphatic rings. The maximum atomic E-state index is 12.7. The third-order valence-electron chi connectivity index (χ3n) is 5.78. The molecule has 0 aromatic heterocycles. The van der Waals surface area contributed by atoms with Crippen LogP contribution in [0.1, 0.15) is 43.2 Å². The van der Waals surface area contributed by atoms with Crippen molar-refractivity contribution in [2.24, 2.45) is 11.7 Å². The smallest absolute Gasteiger partial charge is 0.341 e. The van der Waals surface area contributed by atoms with Crippen LogP contribution in [-0.2, 0) is 17.5 Å². The molecule has 2 N–H and O–H groups in total. The Hall–Kier alpha value is -1.60. The quantitative estimate of drug-likeness (QED) is 0.868. The molecule has 1 saturated heterocycles. The molecule has 0 unspecified atom stereocenters. The maximum absolute atomic E-state index is 12.7. The Labute approximate surface area is 158 Å². The van der Waals surface area contributed by atoms with Crippen LogP contribution in [0.3, 0.4) is 0 Å². The highest BCUT2D eigenvalue weighted by Gasteiger charge is 2.30. The van der Waals surface area contributed by atoms with Crippen molar-refractivity contribution in [3.8, 4) is 0 Å². The summed E-state index contributed by atoms with van der Waals surface area (Å²) in [5.74, 6) is 0.498. The fourth-order valence-electron chi connectivity index (χ4n) is 4.11. The lowest BCUT2D eigenvalue weighted by molar-refractivity contribution is -0.137. The summed E-state index contributed by atoms with van der Waals surface area (Å²) in [4.78, 5) is 16.7. The summed E-state index contributed by atoms with van der Waals surface area (Å²) in [6.45, 7) is 3.59. The van der Waals surface area contributed by atoms with E-state index >= 15 is 0 Å². The van der Waals surface area contributed by atoms with E-state index in [0.717, 1.165) is 63.0 Å². The van der Waals surface area contributed by atoms with Gasteiger partial charge in [0.1, 0.15) is 0 Å². The van der Waals surface area contributed by atoms with Crippen LogP contribution in [0.5, 0.6) is 0 Å². The molecule has 1 amide bonds. The molecule has 0 spiro atoms. The van der Waals surface area contributed by atoms with E-state index < -0.39 is 11.7 Å². The fraction of sp³-hybridized carbons (Fsp3) is 0.650. The normalized spacial score (nSPS) is 24.8. The summed E-state index contributed by atoms with van der Waals surface area (Å²) in [5.41, 5.74) is 6.32. The highest BCUT2D eigenvalue weighted by molar-refractivity contribution is 5.76. The summed E-state index contributed by atoms with van der Waals surface area (Å²) in [7, 11) is 0. The molecule has 0 bridgehead atoms. The third kappa shape index (κ3) is 5.45. The Morgan fingerprint density at radius 3 is 2.41 bits per heavy atom. The Balaban J connectivity index is 1.50. The summed E-state index contributed by atoms with van der Waals surface area (Å²) >= 11 is 0. The van der Waals surface area contributed by atoms with E-state index in [1.54, 1.807) is 0 Å². The van der Waals surface area contributed by atoms with Gasteiger partial charge in [0.05, 0.1) is 5.56 Å². The molecule has 3 rings (SSSR count). The molecule has 1 aromatic carbocycles. The lowest BCUT2D eigenvalue weighted by atomic mass is 9.99. The number of halogens is 3. The van der Waals surface area contributed by atoms with Crippen molar-refractivity contribution in [1.82, 2.24) is 9.80 Å². The molecule has 0 radical (unpaired) electrons. The lowest BCUT2D eigenvalue weighted by Gasteiger charge is -2.24. The standard InChI is InChI=1S/C20H28F3N3O/c21-20(22,23)17-7-5-15(6-8-17)14-25-9-2-10-26(12-11-25)19(27)13-16-3-1-4-18(16)24/h5-8,16,18H,1-4,9-14,24H2/t16-,18+/m0/s1. The molecular formula is C20H28F3N3O. The average molecular weight is 383 g/mol. The highest BCUT2D eigenvalue weighted by atomic mass is 19.4. The molecule has 1 saturated carbocycles. The largest absolute Gasteiger partial charge is 0.416 e. The zero-order valence-electron chi connectivity index (χ0n) is 15.5. The van der Waals surface area contributed by atoms with Gasteiger partial charge in [0.15, 0.2) is 0 Å². The number of hydrogen-bond donors (Lipinski definition) is 1. The molecule has 4 nitrogen and oxygen atoms in total. The second-order valence-corrected chi connectivity index (χ2v) is 7.76. The van der Waals surface area contributed by atoms with Crippen LogP contribution in [0.2, 0.25) is 0 Å². The molecule has 1 aromatic rings. The predicted octanol–water partition coefficient (Wildman–Crippen LogP) is 3.26. The maximum Gasteiger partial charge on any atom is 0.416 e. The van der Waals surface area contributed by atoms with Gasteiger partial charge >= 0.3 is 6.18 Å². The first-order valence-electron chi connectivity index (χ1n) is 9.75. The van der Waals surface area contributed by atoms with Crippen molar-refractivity contribution < 1.29 is 18.0 Å². The van der Waals surface area contributed by atoms with Crippen LogP contribution in [0.4, 0.5) is 13.2 Å². The van der Waals surface area contributed by atoms with Crippen molar-refractivity contribution in [2.45, 2.75) is 50.9 Å². The van der Waals surface area contributed by atoms with Crippen molar-refractivity contribution in [1.29, 1.82) is 0 Å². The highest BCUT2D eigenvalue weighted by Crippen LogP contribution is 2.29. The molecule has 2 atom stereocenters. The monoisotopic (exact) mass is 383 g/mol. The number of carbonyl (C=O) groups is 1. The number of benzene rings is 1. The van der Waals surface area contributed by atoms with Crippen LogP contribution in [0.15, 0.2) is 24.3 Å². The molecule has 1 aliphatic heterocycles. The molecule has 1 heterocycles. The van der Waals surface area contributed by atoms with Gasteiger partial charge < -0.3 is 10.6 Å². The number of nitrogens with two attached hydrogens (primary N) is 1. The van der Waals surface area contributed by atoms with E-state index in [1.807, 2.05) is 4.90 Å². The van der Waals surface area contributed by atoms with Crippen LogP contribution in [0.25, 0.3) is 0 Å². The van der Waals surface area contributed by atoms with Crippen LogP contribution in [-0.4, -0.2) is 47.9 Å². The number of hydrogen-bond acceptors (Lipinski definition) is 3. The molecule has 150 valence electrons. The fourth-order valence-corrected chi connectivity index (χ4v) is 4.11. The van der Waals surface area contributed by atoms with Gasteiger partial charge in [-0.25, -0.2) is 0 Å². The summed E-state index contributed by atoms with van der Waals surface area (Å²) < 4.78 is 38.0. The van der Waals surface area contributed by atoms with Gasteiger partial charge in [-0.3, -0.25) is 9.69 Å². The SMILES string of the molecule is N[C@@H]1CCC[C@H]1CC(=O)N1CCCN(Cc2ccc(C(F)(F)F)cc2)CC1. The van der Waals surface area contributed by atoms with Crippen LogP contribution in [0, 0.1) is 5.92 Å². The van der Waals surface area contributed by atoms with Gasteiger partial charge in [-0.2, -0.15) is 13.2 Å². The Bertz CT molecular complexity index is 632. The minimum Gasteiger partial charge on any atom is -0.341 e. The van der Waals surface area contributed by atoms with Crippen molar-refractivity contribution in [3.05, 3.63) is 35.4 Å². The molecule has 1 aliphatic carbocycles. The third-order valence-corrected chi connectivity index (χ3v) is 5.78. The van der Waals surface area contributed by atoms with Crippen molar-refractivity contribution in [2.75, 3.05) is 26.2 Å². The predicted molar refractivity (Wildman–Crippen MR) is 97.9 cm³/mol. The van der Waals surface area contributed by atoms with Gasteiger partial charge in [-0.1, -0.05) is 18.6 Å². The van der Waals surface area contributed by atoms with Crippen LogP contribution >= 0.6 is 0 Å². The summed E-state index contributed by atoms with van der Waals surface area (Å²) in [6, 6.07) is 5.50. The number of rotatable bonds is 4. The summed E-state index contributed by atoms with van der Waals surface area (Å²) in [5, 5.41) is 0. The Morgan fingerprint density at radius 1 is 1.04 bits per heavy atom. The zero-order chi connectivity index (χ0) is 19.4. The van der Waals surface area contributed by atoms with E-state index in [1.165, 1.54) is 12.1 Å². The first-order chi connectivity index (χ1) is 12.8. The Kier molecular flexibility index (Phi) is 6.42. The van der Waals surface area contributed by atoms with E-state index in [9.17, 15) is 18.0 Å². The summed E-state index contributed by atoms with van der Waals surface area (Å²) in [6.07, 6.45) is 0.284. The van der Waals surface area contributed by atoms with E-state index in [-0.39, 0.29) is 11.9 Å². The van der Waals surface area contributed by atoms with E-state index in [4.69, 9.17) is 5.73 Å². The number of amides is 1. The second-order valence-electron chi connectivity index (χ2n) is 7.76.